The van der Waals surface area contributed by atoms with E-state index in [0.29, 0.717) is 22.0 Å². The van der Waals surface area contributed by atoms with Gasteiger partial charge in [0.2, 0.25) is 0 Å². The Morgan fingerprint density at radius 3 is 2.50 bits per heavy atom. The summed E-state index contributed by atoms with van der Waals surface area (Å²) in [6.07, 6.45) is 6.22. The maximum Gasteiger partial charge on any atom is 0.332 e. The number of rotatable bonds is 5. The van der Waals surface area contributed by atoms with E-state index in [0.717, 1.165) is 0 Å². The molecule has 0 bridgehead atoms. The second-order valence-corrected chi connectivity index (χ2v) is 6.37. The van der Waals surface area contributed by atoms with Crippen LogP contribution in [0.3, 0.4) is 0 Å². The molecule has 3 rings (SSSR count). The van der Waals surface area contributed by atoms with E-state index in [1.54, 1.807) is 72.6 Å². The smallest absolute Gasteiger partial charge is 0.332 e. The van der Waals surface area contributed by atoms with Gasteiger partial charge in [-0.25, -0.2) is 4.79 Å². The van der Waals surface area contributed by atoms with E-state index in [4.69, 9.17) is 16.3 Å². The summed E-state index contributed by atoms with van der Waals surface area (Å²) in [4.78, 5) is 26.5. The minimum atomic E-state index is -0.481. The number of halogens is 1. The molecule has 1 N–H and O–H groups in total. The first-order valence-corrected chi connectivity index (χ1v) is 9.03. The van der Waals surface area contributed by atoms with Crippen LogP contribution in [0.5, 0.6) is 5.75 Å². The van der Waals surface area contributed by atoms with Crippen LogP contribution in [0.15, 0.2) is 84.2 Å². The molecule has 0 aromatic heterocycles. The number of nitrogens with zero attached hydrogens (tertiary/aromatic N) is 1. The van der Waals surface area contributed by atoms with Crippen LogP contribution in [0.2, 0.25) is 5.02 Å². The first-order chi connectivity index (χ1) is 13.5. The van der Waals surface area contributed by atoms with Gasteiger partial charge in [0, 0.05) is 28.6 Å². The first kappa shape index (κ1) is 19.5. The zero-order chi connectivity index (χ0) is 20.1. The molecule has 0 saturated heterocycles. The predicted octanol–water partition coefficient (Wildman–Crippen LogP) is 4.64. The van der Waals surface area contributed by atoms with Gasteiger partial charge in [-0.2, -0.15) is 0 Å². The first-order valence-electron chi connectivity index (χ1n) is 8.65. The number of carbonyl (C=O) groups is 2. The lowest BCUT2D eigenvalue weighted by molar-refractivity contribution is -0.137. The van der Waals surface area contributed by atoms with Crippen molar-refractivity contribution in [2.24, 2.45) is 0 Å². The molecule has 0 fully saturated rings. The normalized spacial score (nSPS) is 14.7. The van der Waals surface area contributed by atoms with Crippen molar-refractivity contribution in [2.75, 3.05) is 11.5 Å². The van der Waals surface area contributed by atoms with Crippen molar-refractivity contribution in [3.05, 3.63) is 94.8 Å². The van der Waals surface area contributed by atoms with Crippen molar-refractivity contribution in [2.45, 2.75) is 6.92 Å². The number of phenols is 1. The van der Waals surface area contributed by atoms with Gasteiger partial charge >= 0.3 is 5.97 Å². The van der Waals surface area contributed by atoms with Crippen LogP contribution in [0.25, 0.3) is 0 Å². The molecule has 0 radical (unpaired) electrons. The Labute approximate surface area is 167 Å². The molecular weight excluding hydrogens is 378 g/mol. The summed E-state index contributed by atoms with van der Waals surface area (Å²) in [5.41, 5.74) is 1.81. The number of Topliss-reactive ketones (excluding diaryl/α,β-unsaturated/α-hetero) is 1. The number of aromatic hydroxyl groups is 1. The highest BCUT2D eigenvalue weighted by Gasteiger charge is 2.21. The quantitative estimate of drug-likeness (QED) is 0.454. The Morgan fingerprint density at radius 2 is 1.82 bits per heavy atom. The van der Waals surface area contributed by atoms with Crippen LogP contribution in [-0.2, 0) is 9.53 Å². The van der Waals surface area contributed by atoms with Gasteiger partial charge in [-0.05, 0) is 55.5 Å². The standard InChI is InChI=1S/C22H18ClNO4/c1-2-28-21(26)13-18-10-7-15(22(27)19-5-3-4-6-20(19)25)14-24(18)17-11-8-16(23)9-12-17/h3-14,25H,2H2,1H3/b18-13+. The molecule has 0 spiro atoms. The second kappa shape index (κ2) is 8.59. The SMILES string of the molecule is CCOC(=O)/C=C1\C=CC(C(=O)c2ccccc2O)=CN1c1ccc(Cl)cc1. The van der Waals surface area contributed by atoms with Crippen LogP contribution in [0.1, 0.15) is 17.3 Å². The van der Waals surface area contributed by atoms with E-state index in [9.17, 15) is 14.7 Å². The average molecular weight is 396 g/mol. The Morgan fingerprint density at radius 1 is 1.11 bits per heavy atom. The average Bonchev–Trinajstić information content (AvgIpc) is 2.69. The molecular formula is C22H18ClNO4. The molecule has 5 nitrogen and oxygen atoms in total. The fourth-order valence-corrected chi connectivity index (χ4v) is 2.84. The second-order valence-electron chi connectivity index (χ2n) is 5.93. The minimum Gasteiger partial charge on any atom is -0.507 e. The topological polar surface area (TPSA) is 66.8 Å². The molecule has 142 valence electrons. The summed E-state index contributed by atoms with van der Waals surface area (Å²) in [5.74, 6) is -0.902. The van der Waals surface area contributed by atoms with Crippen molar-refractivity contribution in [3.8, 4) is 5.75 Å². The van der Waals surface area contributed by atoms with Crippen molar-refractivity contribution < 1.29 is 19.4 Å². The number of hydrogen-bond acceptors (Lipinski definition) is 5. The Hall–Kier alpha value is -3.31. The molecule has 1 aliphatic rings. The number of carbonyl (C=O) groups excluding carboxylic acids is 2. The molecule has 2 aromatic carbocycles. The number of phenolic OH excluding ortho intramolecular Hbond substituents is 1. The molecule has 0 unspecified atom stereocenters. The molecule has 1 aliphatic heterocycles. The molecule has 1 heterocycles. The fourth-order valence-electron chi connectivity index (χ4n) is 2.72. The zero-order valence-electron chi connectivity index (χ0n) is 15.1. The number of allylic oxidation sites excluding steroid dienone is 3. The zero-order valence-corrected chi connectivity index (χ0v) is 15.9. The summed E-state index contributed by atoms with van der Waals surface area (Å²) in [5, 5.41) is 10.6. The lowest BCUT2D eigenvalue weighted by Gasteiger charge is -2.26. The third kappa shape index (κ3) is 4.32. The highest BCUT2D eigenvalue weighted by molar-refractivity contribution is 6.30. The van der Waals surface area contributed by atoms with E-state index < -0.39 is 5.97 Å². The monoisotopic (exact) mass is 395 g/mol. The Balaban J connectivity index is 2.01. The molecule has 28 heavy (non-hydrogen) atoms. The van der Waals surface area contributed by atoms with Gasteiger partial charge in [0.25, 0.3) is 0 Å². The third-order valence-electron chi connectivity index (χ3n) is 4.05. The van der Waals surface area contributed by atoms with Gasteiger partial charge in [-0.1, -0.05) is 23.7 Å². The van der Waals surface area contributed by atoms with Gasteiger partial charge in [-0.3, -0.25) is 4.79 Å². The van der Waals surface area contributed by atoms with Crippen LogP contribution in [0.4, 0.5) is 5.69 Å². The molecule has 6 heteroatoms. The number of benzene rings is 2. The third-order valence-corrected chi connectivity index (χ3v) is 4.30. The van der Waals surface area contributed by atoms with E-state index in [1.165, 1.54) is 12.1 Å². The number of anilines is 1. The van der Waals surface area contributed by atoms with Crippen molar-refractivity contribution in [1.82, 2.24) is 0 Å². The summed E-state index contributed by atoms with van der Waals surface area (Å²) in [7, 11) is 0. The Bertz CT molecular complexity index is 990. The molecule has 0 aliphatic carbocycles. The maximum atomic E-state index is 12.8. The fraction of sp³-hybridized carbons (Fsp3) is 0.0909. The number of esters is 1. The van der Waals surface area contributed by atoms with Gasteiger partial charge < -0.3 is 14.7 Å². The molecule has 2 aromatic rings. The van der Waals surface area contributed by atoms with Crippen molar-refractivity contribution in [3.63, 3.8) is 0 Å². The lowest BCUT2D eigenvalue weighted by atomic mass is 10.00. The summed E-state index contributed by atoms with van der Waals surface area (Å²) in [6, 6.07) is 13.3. The highest BCUT2D eigenvalue weighted by atomic mass is 35.5. The minimum absolute atomic E-state index is 0.0901. The van der Waals surface area contributed by atoms with Crippen molar-refractivity contribution in [1.29, 1.82) is 0 Å². The number of hydrogen-bond donors (Lipinski definition) is 1. The van der Waals surface area contributed by atoms with E-state index >= 15 is 0 Å². The summed E-state index contributed by atoms with van der Waals surface area (Å²) < 4.78 is 4.99. The van der Waals surface area contributed by atoms with Gasteiger partial charge in [0.05, 0.1) is 17.9 Å². The molecule has 0 saturated carbocycles. The maximum absolute atomic E-state index is 12.8. The highest BCUT2D eigenvalue weighted by Crippen LogP contribution is 2.29. The van der Waals surface area contributed by atoms with Crippen LogP contribution in [0, 0.1) is 0 Å². The summed E-state index contributed by atoms with van der Waals surface area (Å²) >= 11 is 5.97. The van der Waals surface area contributed by atoms with Crippen LogP contribution < -0.4 is 4.90 Å². The summed E-state index contributed by atoms with van der Waals surface area (Å²) in [6.45, 7) is 1.99. The van der Waals surface area contributed by atoms with E-state index in [2.05, 4.69) is 0 Å². The van der Waals surface area contributed by atoms with Crippen LogP contribution in [-0.4, -0.2) is 23.5 Å². The Kier molecular flexibility index (Phi) is 5.96. The largest absolute Gasteiger partial charge is 0.507 e. The molecule has 0 amide bonds. The number of ether oxygens (including phenoxy) is 1. The lowest BCUT2D eigenvalue weighted by Crippen LogP contribution is -2.21. The predicted molar refractivity (Wildman–Crippen MR) is 108 cm³/mol. The van der Waals surface area contributed by atoms with E-state index in [-0.39, 0.29) is 23.7 Å². The van der Waals surface area contributed by atoms with E-state index in [1.807, 2.05) is 0 Å². The number of ketones is 1. The van der Waals surface area contributed by atoms with Gasteiger partial charge in [0.15, 0.2) is 5.78 Å². The molecule has 0 atom stereocenters. The van der Waals surface area contributed by atoms with Crippen LogP contribution >= 0.6 is 11.6 Å². The van der Waals surface area contributed by atoms with Gasteiger partial charge in [0.1, 0.15) is 5.75 Å². The van der Waals surface area contributed by atoms with Gasteiger partial charge in [-0.15, -0.1) is 0 Å². The van der Waals surface area contributed by atoms with Crippen molar-refractivity contribution >= 4 is 29.0 Å². The number of para-hydroxylation sites is 1.